The van der Waals surface area contributed by atoms with Gasteiger partial charge in [0, 0.05) is 28.8 Å². The van der Waals surface area contributed by atoms with Crippen molar-refractivity contribution >= 4 is 17.4 Å². The number of hydrogen-bond acceptors (Lipinski definition) is 3. The van der Waals surface area contributed by atoms with Crippen molar-refractivity contribution in [2.24, 2.45) is 0 Å². The first kappa shape index (κ1) is 17.4. The van der Waals surface area contributed by atoms with Crippen LogP contribution >= 0.6 is 11.8 Å². The smallest absolute Gasteiger partial charge is 0.0752 e. The number of anilines is 1. The molecule has 3 heteroatoms. The van der Waals surface area contributed by atoms with Gasteiger partial charge in [-0.25, -0.2) is 0 Å². The lowest BCUT2D eigenvalue weighted by Gasteiger charge is -2.21. The Kier molecular flexibility index (Phi) is 6.62. The minimum Gasteiger partial charge on any atom is -0.391 e. The Morgan fingerprint density at radius 3 is 2.58 bits per heavy atom. The van der Waals surface area contributed by atoms with Gasteiger partial charge in [-0.15, -0.1) is 11.8 Å². The Morgan fingerprint density at radius 2 is 1.79 bits per heavy atom. The van der Waals surface area contributed by atoms with Crippen LogP contribution in [0.2, 0.25) is 0 Å². The van der Waals surface area contributed by atoms with Crippen molar-refractivity contribution in [1.29, 1.82) is 0 Å². The Labute approximate surface area is 149 Å². The molecule has 0 aliphatic heterocycles. The summed E-state index contributed by atoms with van der Waals surface area (Å²) in [5, 5.41) is 14.4. The van der Waals surface area contributed by atoms with Gasteiger partial charge >= 0.3 is 0 Å². The molecule has 0 amide bonds. The Morgan fingerprint density at radius 1 is 1.00 bits per heavy atom. The van der Waals surface area contributed by atoms with E-state index in [4.69, 9.17) is 0 Å². The first-order valence-corrected chi connectivity index (χ1v) is 9.90. The summed E-state index contributed by atoms with van der Waals surface area (Å²) in [6.45, 7) is 0.576. The molecular weight excluding hydrogens is 314 g/mol. The second-order valence-corrected chi connectivity index (χ2v) is 8.00. The molecule has 0 bridgehead atoms. The fraction of sp³-hybridized carbons (Fsp3) is 0.429. The highest BCUT2D eigenvalue weighted by Gasteiger charge is 2.14. The average molecular weight is 342 g/mol. The quantitative estimate of drug-likeness (QED) is 0.732. The maximum absolute atomic E-state index is 10.2. The first-order valence-electron chi connectivity index (χ1n) is 9.02. The average Bonchev–Trinajstić information content (AvgIpc) is 2.62. The molecule has 0 aromatic heterocycles. The van der Waals surface area contributed by atoms with Gasteiger partial charge in [0.05, 0.1) is 6.10 Å². The molecule has 2 nitrogen and oxygen atoms in total. The molecule has 3 rings (SSSR count). The Balaban J connectivity index is 1.49. The number of nitrogens with one attached hydrogen (secondary N) is 1. The van der Waals surface area contributed by atoms with E-state index in [1.165, 1.54) is 42.6 Å². The van der Waals surface area contributed by atoms with Gasteiger partial charge in [0.15, 0.2) is 0 Å². The number of aliphatic hydroxyl groups excluding tert-OH is 1. The molecule has 0 spiro atoms. The lowest BCUT2D eigenvalue weighted by molar-refractivity contribution is 0.188. The third-order valence-electron chi connectivity index (χ3n) is 4.54. The van der Waals surface area contributed by atoms with Crippen molar-refractivity contribution in [1.82, 2.24) is 0 Å². The van der Waals surface area contributed by atoms with Crippen molar-refractivity contribution in [2.45, 2.75) is 54.8 Å². The van der Waals surface area contributed by atoms with E-state index in [0.717, 1.165) is 10.9 Å². The van der Waals surface area contributed by atoms with Gasteiger partial charge in [-0.1, -0.05) is 55.7 Å². The Bertz CT molecular complexity index is 610. The van der Waals surface area contributed by atoms with Crippen LogP contribution in [-0.4, -0.2) is 23.0 Å². The number of thioether (sulfide) groups is 1. The van der Waals surface area contributed by atoms with E-state index in [2.05, 4.69) is 41.7 Å². The largest absolute Gasteiger partial charge is 0.391 e. The van der Waals surface area contributed by atoms with Crippen LogP contribution in [0.15, 0.2) is 59.5 Å². The van der Waals surface area contributed by atoms with Gasteiger partial charge in [0.1, 0.15) is 0 Å². The van der Waals surface area contributed by atoms with E-state index in [-0.39, 0.29) is 6.10 Å². The summed E-state index contributed by atoms with van der Waals surface area (Å²) in [6, 6.07) is 18.8. The summed E-state index contributed by atoms with van der Waals surface area (Å²) >= 11 is 2.01. The van der Waals surface area contributed by atoms with Crippen LogP contribution in [-0.2, 0) is 6.42 Å². The summed E-state index contributed by atoms with van der Waals surface area (Å²) in [7, 11) is 0. The van der Waals surface area contributed by atoms with E-state index in [0.29, 0.717) is 13.0 Å². The molecule has 2 N–H and O–H groups in total. The third kappa shape index (κ3) is 5.57. The lowest BCUT2D eigenvalue weighted by Crippen LogP contribution is -2.21. The molecule has 2 aromatic rings. The number of hydrogen-bond donors (Lipinski definition) is 2. The van der Waals surface area contributed by atoms with E-state index in [1.807, 2.05) is 30.0 Å². The summed E-state index contributed by atoms with van der Waals surface area (Å²) in [6.07, 6.45) is 7.16. The molecule has 1 atom stereocenters. The molecule has 0 saturated heterocycles. The third-order valence-corrected chi connectivity index (χ3v) is 5.88. The number of aliphatic hydroxyl groups is 1. The van der Waals surface area contributed by atoms with Crippen LogP contribution in [0.5, 0.6) is 0 Å². The van der Waals surface area contributed by atoms with Crippen LogP contribution in [0.4, 0.5) is 5.69 Å². The second-order valence-electron chi connectivity index (χ2n) is 6.63. The standard InChI is InChI=1S/C21H27NOS/c23-19(14-17-8-3-1-4-9-17)16-22-18-10-7-13-21(15-18)24-20-11-5-2-6-12-20/h1,3-4,7-10,13,15,19-20,22-23H,2,5-6,11-12,14,16H2. The molecule has 128 valence electrons. The first-order chi connectivity index (χ1) is 11.8. The molecule has 2 aromatic carbocycles. The van der Waals surface area contributed by atoms with Crippen molar-refractivity contribution in [3.05, 3.63) is 60.2 Å². The molecule has 1 aliphatic carbocycles. The Hall–Kier alpha value is -1.45. The summed E-state index contributed by atoms with van der Waals surface area (Å²) in [5.74, 6) is 0. The molecule has 1 unspecified atom stereocenters. The van der Waals surface area contributed by atoms with E-state index < -0.39 is 0 Å². The summed E-state index contributed by atoms with van der Waals surface area (Å²) in [5.41, 5.74) is 2.27. The summed E-state index contributed by atoms with van der Waals surface area (Å²) < 4.78 is 0. The fourth-order valence-electron chi connectivity index (χ4n) is 3.25. The predicted octanol–water partition coefficient (Wildman–Crippen LogP) is 5.13. The predicted molar refractivity (Wildman–Crippen MR) is 104 cm³/mol. The highest BCUT2D eigenvalue weighted by molar-refractivity contribution is 8.00. The van der Waals surface area contributed by atoms with Crippen molar-refractivity contribution in [3.63, 3.8) is 0 Å². The molecule has 24 heavy (non-hydrogen) atoms. The summed E-state index contributed by atoms with van der Waals surface area (Å²) in [4.78, 5) is 1.34. The SMILES string of the molecule is OC(CNc1cccc(SC2CCCCC2)c1)Cc1ccccc1. The number of rotatable bonds is 7. The molecule has 0 radical (unpaired) electrons. The van der Waals surface area contributed by atoms with E-state index in [9.17, 15) is 5.11 Å². The van der Waals surface area contributed by atoms with Crippen LogP contribution in [0.25, 0.3) is 0 Å². The zero-order chi connectivity index (χ0) is 16.6. The minimum atomic E-state index is -0.373. The van der Waals surface area contributed by atoms with Gasteiger partial charge in [0.2, 0.25) is 0 Å². The minimum absolute atomic E-state index is 0.373. The normalized spacial score (nSPS) is 16.7. The molecule has 0 heterocycles. The van der Waals surface area contributed by atoms with Crippen LogP contribution < -0.4 is 5.32 Å². The van der Waals surface area contributed by atoms with Gasteiger partial charge in [0.25, 0.3) is 0 Å². The van der Waals surface area contributed by atoms with Gasteiger partial charge < -0.3 is 10.4 Å². The van der Waals surface area contributed by atoms with E-state index >= 15 is 0 Å². The maximum Gasteiger partial charge on any atom is 0.0752 e. The molecule has 1 fully saturated rings. The molecule has 1 saturated carbocycles. The second kappa shape index (κ2) is 9.14. The topological polar surface area (TPSA) is 32.3 Å². The van der Waals surface area contributed by atoms with Crippen molar-refractivity contribution < 1.29 is 5.11 Å². The number of benzene rings is 2. The highest BCUT2D eigenvalue weighted by Crippen LogP contribution is 2.34. The van der Waals surface area contributed by atoms with Crippen LogP contribution in [0.3, 0.4) is 0 Å². The van der Waals surface area contributed by atoms with Crippen LogP contribution in [0.1, 0.15) is 37.7 Å². The van der Waals surface area contributed by atoms with Crippen LogP contribution in [0, 0.1) is 0 Å². The monoisotopic (exact) mass is 341 g/mol. The van der Waals surface area contributed by atoms with E-state index in [1.54, 1.807) is 0 Å². The zero-order valence-corrected chi connectivity index (χ0v) is 15.0. The van der Waals surface area contributed by atoms with Crippen molar-refractivity contribution in [3.8, 4) is 0 Å². The molecular formula is C21H27NOS. The maximum atomic E-state index is 10.2. The van der Waals surface area contributed by atoms with Crippen molar-refractivity contribution in [2.75, 3.05) is 11.9 Å². The lowest BCUT2D eigenvalue weighted by atomic mass is 10.0. The molecule has 1 aliphatic rings. The van der Waals surface area contributed by atoms with Gasteiger partial charge in [-0.05, 0) is 36.6 Å². The van der Waals surface area contributed by atoms with Gasteiger partial charge in [-0.2, -0.15) is 0 Å². The highest BCUT2D eigenvalue weighted by atomic mass is 32.2. The fourth-order valence-corrected chi connectivity index (χ4v) is 4.55. The zero-order valence-electron chi connectivity index (χ0n) is 14.2. The van der Waals surface area contributed by atoms with Gasteiger partial charge in [-0.3, -0.25) is 0 Å².